The van der Waals surface area contributed by atoms with Gasteiger partial charge in [-0.1, -0.05) is 35.5 Å². The molecule has 6 nitrogen and oxygen atoms in total. The summed E-state index contributed by atoms with van der Waals surface area (Å²) in [6.07, 6.45) is -0.0100. The number of aliphatic hydroxyl groups excluding tert-OH is 1. The van der Waals surface area contributed by atoms with Crippen LogP contribution in [0.3, 0.4) is 0 Å². The first-order valence-corrected chi connectivity index (χ1v) is 6.42. The standard InChI is InChI=1S/C14H21N3O3/c1-10(18)8-9-17(2)14(19)12(13(15)16-20)11-6-4-3-5-7-11/h3-7,10,12,18,20H,8-9H2,1-2H3,(H2,15,16). The molecule has 0 fully saturated rings. The highest BCUT2D eigenvalue weighted by molar-refractivity contribution is 6.07. The van der Waals surface area contributed by atoms with Crippen molar-refractivity contribution < 1.29 is 15.1 Å². The van der Waals surface area contributed by atoms with Crippen molar-refractivity contribution in [3.63, 3.8) is 0 Å². The summed E-state index contributed by atoms with van der Waals surface area (Å²) in [5.41, 5.74) is 6.31. The summed E-state index contributed by atoms with van der Waals surface area (Å²) < 4.78 is 0. The van der Waals surface area contributed by atoms with Gasteiger partial charge in [0.15, 0.2) is 5.84 Å². The van der Waals surface area contributed by atoms with E-state index in [1.54, 1.807) is 38.2 Å². The Balaban J connectivity index is 2.92. The number of nitrogens with two attached hydrogens (primary N) is 1. The van der Waals surface area contributed by atoms with Crippen molar-refractivity contribution in [2.24, 2.45) is 10.9 Å². The van der Waals surface area contributed by atoms with Crippen molar-refractivity contribution in [3.8, 4) is 0 Å². The van der Waals surface area contributed by atoms with Crippen LogP contribution in [0.25, 0.3) is 0 Å². The van der Waals surface area contributed by atoms with Gasteiger partial charge in [-0.15, -0.1) is 0 Å². The van der Waals surface area contributed by atoms with Gasteiger partial charge >= 0.3 is 0 Å². The molecule has 0 bridgehead atoms. The fourth-order valence-corrected chi connectivity index (χ4v) is 1.85. The lowest BCUT2D eigenvalue weighted by Gasteiger charge is -2.23. The van der Waals surface area contributed by atoms with E-state index in [-0.39, 0.29) is 11.7 Å². The molecule has 6 heteroatoms. The predicted octanol–water partition coefficient (Wildman–Crippen LogP) is 0.746. The molecular formula is C14H21N3O3. The number of oxime groups is 1. The Hall–Kier alpha value is -2.08. The van der Waals surface area contributed by atoms with E-state index in [4.69, 9.17) is 10.9 Å². The number of carbonyl (C=O) groups is 1. The van der Waals surface area contributed by atoms with E-state index >= 15 is 0 Å². The van der Waals surface area contributed by atoms with Crippen LogP contribution in [0.5, 0.6) is 0 Å². The first-order chi connectivity index (χ1) is 9.47. The molecule has 0 aliphatic rings. The van der Waals surface area contributed by atoms with E-state index in [0.29, 0.717) is 18.5 Å². The molecule has 20 heavy (non-hydrogen) atoms. The highest BCUT2D eigenvalue weighted by Crippen LogP contribution is 2.18. The SMILES string of the molecule is CC(O)CCN(C)C(=O)C(/C(N)=N/O)c1ccccc1. The Morgan fingerprint density at radius 1 is 1.40 bits per heavy atom. The van der Waals surface area contributed by atoms with Crippen LogP contribution >= 0.6 is 0 Å². The Morgan fingerprint density at radius 2 is 2.00 bits per heavy atom. The van der Waals surface area contributed by atoms with Crippen LogP contribution < -0.4 is 5.73 Å². The van der Waals surface area contributed by atoms with E-state index in [1.165, 1.54) is 4.90 Å². The minimum atomic E-state index is -0.819. The Bertz CT molecular complexity index is 460. The van der Waals surface area contributed by atoms with E-state index in [1.807, 2.05) is 6.07 Å². The minimum Gasteiger partial charge on any atom is -0.409 e. The number of hydrogen-bond acceptors (Lipinski definition) is 4. The average molecular weight is 279 g/mol. The first kappa shape index (κ1) is 16.0. The largest absolute Gasteiger partial charge is 0.409 e. The van der Waals surface area contributed by atoms with Crippen molar-refractivity contribution >= 4 is 11.7 Å². The predicted molar refractivity (Wildman–Crippen MR) is 76.5 cm³/mol. The molecular weight excluding hydrogens is 258 g/mol. The van der Waals surface area contributed by atoms with Crippen LogP contribution in [0.1, 0.15) is 24.8 Å². The molecule has 0 aliphatic heterocycles. The second-order valence-electron chi connectivity index (χ2n) is 4.77. The van der Waals surface area contributed by atoms with Crippen LogP contribution in [0.15, 0.2) is 35.5 Å². The van der Waals surface area contributed by atoms with Gasteiger partial charge in [0.05, 0.1) is 6.10 Å². The summed E-state index contributed by atoms with van der Waals surface area (Å²) in [4.78, 5) is 13.9. The number of rotatable bonds is 6. The van der Waals surface area contributed by atoms with Crippen LogP contribution in [-0.2, 0) is 4.79 Å². The smallest absolute Gasteiger partial charge is 0.237 e. The van der Waals surface area contributed by atoms with Crippen LogP contribution in [-0.4, -0.2) is 46.7 Å². The van der Waals surface area contributed by atoms with Gasteiger partial charge in [-0.25, -0.2) is 0 Å². The minimum absolute atomic E-state index is 0.148. The summed E-state index contributed by atoms with van der Waals surface area (Å²) in [5, 5.41) is 21.1. The zero-order chi connectivity index (χ0) is 15.1. The van der Waals surface area contributed by atoms with Crippen molar-refractivity contribution in [3.05, 3.63) is 35.9 Å². The Morgan fingerprint density at radius 3 is 2.50 bits per heavy atom. The molecule has 4 N–H and O–H groups in total. The van der Waals surface area contributed by atoms with Gasteiger partial charge in [0, 0.05) is 13.6 Å². The van der Waals surface area contributed by atoms with Crippen LogP contribution in [0.2, 0.25) is 0 Å². The number of benzene rings is 1. The molecule has 1 rings (SSSR count). The van der Waals surface area contributed by atoms with Crippen molar-refractivity contribution in [1.29, 1.82) is 0 Å². The van der Waals surface area contributed by atoms with Gasteiger partial charge in [-0.2, -0.15) is 0 Å². The molecule has 0 saturated heterocycles. The summed E-state index contributed by atoms with van der Waals surface area (Å²) in [6.45, 7) is 2.06. The molecule has 2 atom stereocenters. The van der Waals surface area contributed by atoms with Gasteiger partial charge < -0.3 is 20.9 Å². The van der Waals surface area contributed by atoms with E-state index in [9.17, 15) is 9.90 Å². The second kappa shape index (κ2) is 7.49. The molecule has 0 spiro atoms. The zero-order valence-corrected chi connectivity index (χ0v) is 11.7. The third-order valence-electron chi connectivity index (χ3n) is 3.05. The van der Waals surface area contributed by atoms with Crippen LogP contribution in [0, 0.1) is 0 Å². The first-order valence-electron chi connectivity index (χ1n) is 6.42. The third-order valence-corrected chi connectivity index (χ3v) is 3.05. The molecule has 0 aliphatic carbocycles. The molecule has 1 aromatic carbocycles. The highest BCUT2D eigenvalue weighted by Gasteiger charge is 2.27. The van der Waals surface area contributed by atoms with E-state index in [2.05, 4.69) is 5.16 Å². The maximum atomic E-state index is 12.4. The lowest BCUT2D eigenvalue weighted by Crippen LogP contribution is -2.39. The fraction of sp³-hybridized carbons (Fsp3) is 0.429. The highest BCUT2D eigenvalue weighted by atomic mass is 16.4. The second-order valence-corrected chi connectivity index (χ2v) is 4.77. The molecule has 0 saturated carbocycles. The molecule has 0 heterocycles. The number of aliphatic hydroxyl groups is 1. The molecule has 1 aromatic rings. The maximum absolute atomic E-state index is 12.4. The Kier molecular flexibility index (Phi) is 5.99. The van der Waals surface area contributed by atoms with E-state index < -0.39 is 12.0 Å². The fourth-order valence-electron chi connectivity index (χ4n) is 1.85. The molecule has 110 valence electrons. The normalized spacial score (nSPS) is 14.7. The van der Waals surface area contributed by atoms with Gasteiger partial charge in [-0.3, -0.25) is 4.79 Å². The lowest BCUT2D eigenvalue weighted by molar-refractivity contribution is -0.130. The number of hydrogen-bond donors (Lipinski definition) is 3. The summed E-state index contributed by atoms with van der Waals surface area (Å²) >= 11 is 0. The molecule has 1 amide bonds. The van der Waals surface area contributed by atoms with Gasteiger partial charge in [0.1, 0.15) is 5.92 Å². The van der Waals surface area contributed by atoms with Gasteiger partial charge in [-0.05, 0) is 18.9 Å². The number of likely N-dealkylation sites (N-methyl/N-ethyl adjacent to an activating group) is 1. The molecule has 0 radical (unpaired) electrons. The zero-order valence-electron chi connectivity index (χ0n) is 11.7. The summed E-state index contributed by atoms with van der Waals surface area (Å²) in [5.74, 6) is -1.24. The number of amides is 1. The third kappa shape index (κ3) is 4.24. The van der Waals surface area contributed by atoms with Crippen molar-refractivity contribution in [1.82, 2.24) is 4.90 Å². The average Bonchev–Trinajstić information content (AvgIpc) is 2.45. The number of nitrogens with zero attached hydrogens (tertiary/aromatic N) is 2. The van der Waals surface area contributed by atoms with Gasteiger partial charge in [0.25, 0.3) is 0 Å². The molecule has 2 unspecified atom stereocenters. The number of amidine groups is 1. The van der Waals surface area contributed by atoms with E-state index in [0.717, 1.165) is 0 Å². The quantitative estimate of drug-likeness (QED) is 0.309. The summed E-state index contributed by atoms with van der Waals surface area (Å²) in [6, 6.07) is 8.91. The Labute approximate surface area is 118 Å². The molecule has 0 aromatic heterocycles. The van der Waals surface area contributed by atoms with Crippen LogP contribution in [0.4, 0.5) is 0 Å². The van der Waals surface area contributed by atoms with Crippen molar-refractivity contribution in [2.75, 3.05) is 13.6 Å². The lowest BCUT2D eigenvalue weighted by atomic mass is 9.96. The summed E-state index contributed by atoms with van der Waals surface area (Å²) in [7, 11) is 1.63. The van der Waals surface area contributed by atoms with Crippen molar-refractivity contribution in [2.45, 2.75) is 25.4 Å². The topological polar surface area (TPSA) is 99.2 Å². The van der Waals surface area contributed by atoms with Gasteiger partial charge in [0.2, 0.25) is 5.91 Å². The maximum Gasteiger partial charge on any atom is 0.237 e. The monoisotopic (exact) mass is 279 g/mol. The number of carbonyl (C=O) groups excluding carboxylic acids is 1.